The van der Waals surface area contributed by atoms with Gasteiger partial charge in [0.15, 0.2) is 0 Å². The number of anilines is 1. The molecule has 0 amide bonds. The van der Waals surface area contributed by atoms with Crippen molar-refractivity contribution in [2.45, 2.75) is 32.7 Å². The Morgan fingerprint density at radius 3 is 2.81 bits per heavy atom. The molecule has 16 heavy (non-hydrogen) atoms. The SMILES string of the molecule is CCCC(Nc1cccc(Cl)c1C)C(=O)O. The Balaban J connectivity index is 2.85. The zero-order valence-electron chi connectivity index (χ0n) is 9.46. The Kier molecular flexibility index (Phi) is 4.62. The van der Waals surface area contributed by atoms with Gasteiger partial charge in [-0.05, 0) is 31.0 Å². The molecule has 0 bridgehead atoms. The monoisotopic (exact) mass is 241 g/mol. The van der Waals surface area contributed by atoms with E-state index in [1.54, 1.807) is 6.07 Å². The van der Waals surface area contributed by atoms with Gasteiger partial charge in [0.05, 0.1) is 0 Å². The molecule has 0 aliphatic rings. The van der Waals surface area contributed by atoms with Crippen LogP contribution in [-0.4, -0.2) is 17.1 Å². The first-order valence-corrected chi connectivity index (χ1v) is 5.68. The second kappa shape index (κ2) is 5.75. The standard InChI is InChI=1S/C12H16ClNO2/c1-3-5-11(12(15)16)14-10-7-4-6-9(13)8(10)2/h4,6-7,11,14H,3,5H2,1-2H3,(H,15,16). The van der Waals surface area contributed by atoms with Gasteiger partial charge in [-0.15, -0.1) is 0 Å². The number of rotatable bonds is 5. The largest absolute Gasteiger partial charge is 0.480 e. The second-order valence-corrected chi connectivity index (χ2v) is 4.14. The third-order valence-electron chi connectivity index (χ3n) is 2.47. The minimum Gasteiger partial charge on any atom is -0.480 e. The summed E-state index contributed by atoms with van der Waals surface area (Å²) in [6, 6.07) is 4.88. The number of carboxylic acid groups (broad SMARTS) is 1. The van der Waals surface area contributed by atoms with Gasteiger partial charge in [0.2, 0.25) is 0 Å². The second-order valence-electron chi connectivity index (χ2n) is 3.74. The molecule has 3 nitrogen and oxygen atoms in total. The summed E-state index contributed by atoms with van der Waals surface area (Å²) >= 11 is 5.97. The molecule has 0 fully saturated rings. The maximum atomic E-state index is 11.0. The molecule has 0 spiro atoms. The van der Waals surface area contributed by atoms with Gasteiger partial charge in [-0.2, -0.15) is 0 Å². The molecular weight excluding hydrogens is 226 g/mol. The zero-order chi connectivity index (χ0) is 12.1. The van der Waals surface area contributed by atoms with Crippen LogP contribution in [0.4, 0.5) is 5.69 Å². The molecule has 0 radical (unpaired) electrons. The molecule has 0 heterocycles. The van der Waals surface area contributed by atoms with Gasteiger partial charge in [0, 0.05) is 10.7 Å². The maximum absolute atomic E-state index is 11.0. The summed E-state index contributed by atoms with van der Waals surface area (Å²) in [5, 5.41) is 12.7. The van der Waals surface area contributed by atoms with E-state index in [0.717, 1.165) is 17.7 Å². The first kappa shape index (κ1) is 12.8. The first-order valence-electron chi connectivity index (χ1n) is 5.30. The summed E-state index contributed by atoms with van der Waals surface area (Å²) < 4.78 is 0. The molecule has 1 atom stereocenters. The molecule has 0 saturated carbocycles. The van der Waals surface area contributed by atoms with Crippen LogP contribution in [0.3, 0.4) is 0 Å². The Morgan fingerprint density at radius 1 is 1.56 bits per heavy atom. The number of carbonyl (C=O) groups is 1. The van der Waals surface area contributed by atoms with Crippen molar-refractivity contribution in [3.05, 3.63) is 28.8 Å². The van der Waals surface area contributed by atoms with Crippen LogP contribution >= 0.6 is 11.6 Å². The van der Waals surface area contributed by atoms with Crippen molar-refractivity contribution in [2.75, 3.05) is 5.32 Å². The molecule has 0 aliphatic carbocycles. The Bertz CT molecular complexity index is 379. The van der Waals surface area contributed by atoms with Crippen molar-refractivity contribution < 1.29 is 9.90 Å². The van der Waals surface area contributed by atoms with Gasteiger partial charge >= 0.3 is 5.97 Å². The highest BCUT2D eigenvalue weighted by molar-refractivity contribution is 6.31. The summed E-state index contributed by atoms with van der Waals surface area (Å²) in [4.78, 5) is 11.0. The highest BCUT2D eigenvalue weighted by Gasteiger charge is 2.16. The fourth-order valence-corrected chi connectivity index (χ4v) is 1.67. The van der Waals surface area contributed by atoms with E-state index in [9.17, 15) is 4.79 Å². The Morgan fingerprint density at radius 2 is 2.25 bits per heavy atom. The van der Waals surface area contributed by atoms with Crippen molar-refractivity contribution in [2.24, 2.45) is 0 Å². The molecule has 88 valence electrons. The molecule has 1 aromatic carbocycles. The lowest BCUT2D eigenvalue weighted by Gasteiger charge is -2.17. The van der Waals surface area contributed by atoms with Gasteiger partial charge in [0.25, 0.3) is 0 Å². The third-order valence-corrected chi connectivity index (χ3v) is 2.88. The van der Waals surface area contributed by atoms with Crippen LogP contribution in [-0.2, 0) is 4.79 Å². The van der Waals surface area contributed by atoms with Crippen LogP contribution in [0.5, 0.6) is 0 Å². The van der Waals surface area contributed by atoms with Crippen molar-refractivity contribution in [3.63, 3.8) is 0 Å². The van der Waals surface area contributed by atoms with E-state index in [1.807, 2.05) is 26.0 Å². The number of aliphatic carboxylic acids is 1. The van der Waals surface area contributed by atoms with Gasteiger partial charge in [-0.3, -0.25) is 0 Å². The van der Waals surface area contributed by atoms with Crippen molar-refractivity contribution >= 4 is 23.3 Å². The Labute approximate surface area is 100 Å². The van der Waals surface area contributed by atoms with Gasteiger partial charge in [-0.25, -0.2) is 4.79 Å². The molecular formula is C12H16ClNO2. The highest BCUT2D eigenvalue weighted by atomic mass is 35.5. The van der Waals surface area contributed by atoms with E-state index in [2.05, 4.69) is 5.32 Å². The summed E-state index contributed by atoms with van der Waals surface area (Å²) in [7, 11) is 0. The third kappa shape index (κ3) is 3.14. The molecule has 1 aromatic rings. The molecule has 1 unspecified atom stereocenters. The molecule has 0 aromatic heterocycles. The number of benzene rings is 1. The minimum absolute atomic E-state index is 0.554. The van der Waals surface area contributed by atoms with Gasteiger partial charge < -0.3 is 10.4 Å². The molecule has 1 rings (SSSR count). The van der Waals surface area contributed by atoms with Crippen LogP contribution in [0.2, 0.25) is 5.02 Å². The van der Waals surface area contributed by atoms with Crippen molar-refractivity contribution in [1.82, 2.24) is 0 Å². The van der Waals surface area contributed by atoms with Crippen LogP contribution in [0.1, 0.15) is 25.3 Å². The van der Waals surface area contributed by atoms with Crippen LogP contribution in [0, 0.1) is 6.92 Å². The topological polar surface area (TPSA) is 49.3 Å². The molecule has 0 aliphatic heterocycles. The quantitative estimate of drug-likeness (QED) is 0.832. The average molecular weight is 242 g/mol. The molecule has 4 heteroatoms. The lowest BCUT2D eigenvalue weighted by molar-refractivity contribution is -0.138. The molecule has 0 saturated heterocycles. The van der Waals surface area contributed by atoms with Crippen molar-refractivity contribution in [3.8, 4) is 0 Å². The number of nitrogens with one attached hydrogen (secondary N) is 1. The van der Waals surface area contributed by atoms with Gasteiger partial charge in [-0.1, -0.05) is 31.0 Å². The van der Waals surface area contributed by atoms with E-state index >= 15 is 0 Å². The fourth-order valence-electron chi connectivity index (χ4n) is 1.50. The number of hydrogen-bond acceptors (Lipinski definition) is 2. The predicted octanol–water partition coefficient (Wildman–Crippen LogP) is 3.31. The minimum atomic E-state index is -0.832. The van der Waals surface area contributed by atoms with Crippen molar-refractivity contribution in [1.29, 1.82) is 0 Å². The predicted molar refractivity (Wildman–Crippen MR) is 66.1 cm³/mol. The summed E-state index contributed by atoms with van der Waals surface area (Å²) in [5.41, 5.74) is 1.67. The highest BCUT2D eigenvalue weighted by Crippen LogP contribution is 2.24. The summed E-state index contributed by atoms with van der Waals surface area (Å²) in [5.74, 6) is -0.832. The van der Waals surface area contributed by atoms with E-state index in [-0.39, 0.29) is 0 Å². The zero-order valence-corrected chi connectivity index (χ0v) is 10.2. The van der Waals surface area contributed by atoms with Crippen LogP contribution in [0.15, 0.2) is 18.2 Å². The number of halogens is 1. The van der Waals surface area contributed by atoms with Crippen LogP contribution < -0.4 is 5.32 Å². The van der Waals surface area contributed by atoms with E-state index < -0.39 is 12.0 Å². The van der Waals surface area contributed by atoms with E-state index in [4.69, 9.17) is 16.7 Å². The van der Waals surface area contributed by atoms with E-state index in [0.29, 0.717) is 11.4 Å². The fraction of sp³-hybridized carbons (Fsp3) is 0.417. The first-order chi connectivity index (χ1) is 7.56. The number of hydrogen-bond donors (Lipinski definition) is 2. The summed E-state index contributed by atoms with van der Waals surface area (Å²) in [6.07, 6.45) is 1.42. The normalized spacial score (nSPS) is 12.2. The average Bonchev–Trinajstić information content (AvgIpc) is 2.23. The summed E-state index contributed by atoms with van der Waals surface area (Å²) in [6.45, 7) is 3.83. The Hall–Kier alpha value is -1.22. The lowest BCUT2D eigenvalue weighted by atomic mass is 10.1. The smallest absolute Gasteiger partial charge is 0.326 e. The lowest BCUT2D eigenvalue weighted by Crippen LogP contribution is -2.29. The van der Waals surface area contributed by atoms with E-state index in [1.165, 1.54) is 0 Å². The molecule has 2 N–H and O–H groups in total. The van der Waals surface area contributed by atoms with Gasteiger partial charge in [0.1, 0.15) is 6.04 Å². The number of carboxylic acids is 1. The van der Waals surface area contributed by atoms with Crippen LogP contribution in [0.25, 0.3) is 0 Å². The maximum Gasteiger partial charge on any atom is 0.326 e.